The van der Waals surface area contributed by atoms with Crippen LogP contribution in [0.5, 0.6) is 0 Å². The number of fused-ring (bicyclic) bond motifs is 2. The zero-order chi connectivity index (χ0) is 11.6. The van der Waals surface area contributed by atoms with Gasteiger partial charge in [0.2, 0.25) is 0 Å². The van der Waals surface area contributed by atoms with Crippen LogP contribution in [0.2, 0.25) is 0 Å². The van der Waals surface area contributed by atoms with Crippen molar-refractivity contribution in [1.82, 2.24) is 5.32 Å². The molecule has 94 valence electrons. The van der Waals surface area contributed by atoms with Crippen molar-refractivity contribution in [3.05, 3.63) is 0 Å². The maximum atomic E-state index is 5.76. The van der Waals surface area contributed by atoms with E-state index in [9.17, 15) is 0 Å². The summed E-state index contributed by atoms with van der Waals surface area (Å²) in [6.07, 6.45) is 7.52. The summed E-state index contributed by atoms with van der Waals surface area (Å²) in [7, 11) is 2.09. The van der Waals surface area contributed by atoms with Gasteiger partial charge in [0.15, 0.2) is 0 Å². The molecule has 3 atom stereocenters. The Labute approximate surface area is 100 Å². The molecule has 0 aliphatic heterocycles. The van der Waals surface area contributed by atoms with Gasteiger partial charge in [-0.2, -0.15) is 0 Å². The second-order valence-corrected chi connectivity index (χ2v) is 6.14. The quantitative estimate of drug-likeness (QED) is 0.750. The van der Waals surface area contributed by atoms with E-state index >= 15 is 0 Å². The first-order valence-electron chi connectivity index (χ1n) is 6.92. The van der Waals surface area contributed by atoms with E-state index in [2.05, 4.69) is 26.2 Å². The maximum absolute atomic E-state index is 5.76. The molecule has 2 aliphatic rings. The molecule has 2 nitrogen and oxygen atoms in total. The van der Waals surface area contributed by atoms with Crippen LogP contribution in [0.1, 0.15) is 46.0 Å². The molecule has 2 aliphatic carbocycles. The Bertz CT molecular complexity index is 229. The monoisotopic (exact) mass is 225 g/mol. The number of rotatable bonds is 6. The smallest absolute Gasteiger partial charge is 0.0518 e. The van der Waals surface area contributed by atoms with Crippen LogP contribution < -0.4 is 5.32 Å². The van der Waals surface area contributed by atoms with Crippen molar-refractivity contribution in [2.75, 3.05) is 20.2 Å². The molecule has 0 amide bonds. The molecule has 0 aromatic heterocycles. The van der Waals surface area contributed by atoms with Crippen LogP contribution in [0.15, 0.2) is 0 Å². The van der Waals surface area contributed by atoms with Gasteiger partial charge < -0.3 is 10.1 Å². The number of nitrogens with one attached hydrogen (secondary N) is 1. The summed E-state index contributed by atoms with van der Waals surface area (Å²) in [5.74, 6) is 2.00. The van der Waals surface area contributed by atoms with Crippen molar-refractivity contribution in [3.63, 3.8) is 0 Å². The minimum absolute atomic E-state index is 0.380. The first kappa shape index (κ1) is 12.4. The molecule has 0 spiro atoms. The molecule has 2 bridgehead atoms. The van der Waals surface area contributed by atoms with Gasteiger partial charge in [-0.1, -0.05) is 6.42 Å². The van der Waals surface area contributed by atoms with Gasteiger partial charge in [0, 0.05) is 13.2 Å². The molecule has 2 rings (SSSR count). The van der Waals surface area contributed by atoms with Gasteiger partial charge in [-0.3, -0.25) is 0 Å². The molecule has 16 heavy (non-hydrogen) atoms. The van der Waals surface area contributed by atoms with Gasteiger partial charge in [0.1, 0.15) is 0 Å². The van der Waals surface area contributed by atoms with Crippen molar-refractivity contribution in [3.8, 4) is 0 Å². The lowest BCUT2D eigenvalue weighted by molar-refractivity contribution is 0.0330. The van der Waals surface area contributed by atoms with Crippen molar-refractivity contribution in [2.45, 2.75) is 52.1 Å². The predicted molar refractivity (Wildman–Crippen MR) is 67.5 cm³/mol. The second-order valence-electron chi connectivity index (χ2n) is 6.14. The van der Waals surface area contributed by atoms with Gasteiger partial charge in [0.05, 0.1) is 6.10 Å². The van der Waals surface area contributed by atoms with Crippen LogP contribution in [0.4, 0.5) is 0 Å². The van der Waals surface area contributed by atoms with Crippen LogP contribution >= 0.6 is 0 Å². The first-order chi connectivity index (χ1) is 7.66. The Hall–Kier alpha value is -0.0800. The highest BCUT2D eigenvalue weighted by atomic mass is 16.5. The van der Waals surface area contributed by atoms with Gasteiger partial charge in [-0.15, -0.1) is 0 Å². The van der Waals surface area contributed by atoms with E-state index in [0.29, 0.717) is 11.5 Å². The number of ether oxygens (including phenoxy) is 1. The molecular weight excluding hydrogens is 198 g/mol. The fraction of sp³-hybridized carbons (Fsp3) is 1.00. The second kappa shape index (κ2) is 5.05. The Morgan fingerprint density at radius 2 is 2.19 bits per heavy atom. The summed E-state index contributed by atoms with van der Waals surface area (Å²) < 4.78 is 5.76. The van der Waals surface area contributed by atoms with Crippen molar-refractivity contribution >= 4 is 0 Å². The summed E-state index contributed by atoms with van der Waals surface area (Å²) in [4.78, 5) is 0. The van der Waals surface area contributed by atoms with E-state index in [-0.39, 0.29) is 0 Å². The third kappa shape index (κ3) is 2.43. The fourth-order valence-electron chi connectivity index (χ4n) is 4.02. The van der Waals surface area contributed by atoms with Gasteiger partial charge in [-0.25, -0.2) is 0 Å². The summed E-state index contributed by atoms with van der Waals surface area (Å²) in [6.45, 7) is 6.40. The molecule has 3 unspecified atom stereocenters. The lowest BCUT2D eigenvalue weighted by Gasteiger charge is -2.38. The Kier molecular flexibility index (Phi) is 3.91. The highest BCUT2D eigenvalue weighted by Crippen LogP contribution is 2.57. The molecule has 0 radical (unpaired) electrons. The number of hydrogen-bond acceptors (Lipinski definition) is 2. The minimum Gasteiger partial charge on any atom is -0.379 e. The largest absolute Gasteiger partial charge is 0.379 e. The molecule has 2 saturated carbocycles. The van der Waals surface area contributed by atoms with E-state index in [1.165, 1.54) is 38.6 Å². The third-order valence-electron chi connectivity index (χ3n) is 4.68. The fourth-order valence-corrected chi connectivity index (χ4v) is 4.02. The predicted octanol–water partition coefficient (Wildman–Crippen LogP) is 2.83. The highest BCUT2D eigenvalue weighted by Gasteiger charge is 2.49. The molecule has 0 saturated heterocycles. The van der Waals surface area contributed by atoms with Crippen molar-refractivity contribution in [1.29, 1.82) is 0 Å². The van der Waals surface area contributed by atoms with Gasteiger partial charge in [-0.05, 0) is 63.8 Å². The molecule has 1 N–H and O–H groups in total. The molecule has 0 aromatic carbocycles. The molecule has 0 aromatic rings. The maximum Gasteiger partial charge on any atom is 0.0518 e. The lowest BCUT2D eigenvalue weighted by atomic mass is 9.71. The average Bonchev–Trinajstić information content (AvgIpc) is 2.77. The Balaban J connectivity index is 1.89. The minimum atomic E-state index is 0.380. The van der Waals surface area contributed by atoms with Gasteiger partial charge >= 0.3 is 0 Å². The highest BCUT2D eigenvalue weighted by molar-refractivity contribution is 5.01. The van der Waals surface area contributed by atoms with Crippen LogP contribution in [0.25, 0.3) is 0 Å². The van der Waals surface area contributed by atoms with E-state index in [4.69, 9.17) is 4.74 Å². The normalized spacial score (nSPS) is 37.5. The molecule has 2 heteroatoms. The molecule has 0 heterocycles. The van der Waals surface area contributed by atoms with E-state index in [1.807, 2.05) is 0 Å². The Morgan fingerprint density at radius 3 is 2.69 bits per heavy atom. The zero-order valence-electron chi connectivity index (χ0n) is 11.1. The van der Waals surface area contributed by atoms with Crippen molar-refractivity contribution < 1.29 is 4.74 Å². The molecule has 2 fully saturated rings. The topological polar surface area (TPSA) is 21.3 Å². The summed E-state index contributed by atoms with van der Waals surface area (Å²) in [5.41, 5.74) is 0.562. The SMILES string of the molecule is CNCC1(CCOC(C)C)CC2CCC1C2. The third-order valence-corrected chi connectivity index (χ3v) is 4.68. The van der Waals surface area contributed by atoms with Crippen LogP contribution in [-0.4, -0.2) is 26.3 Å². The van der Waals surface area contributed by atoms with E-state index in [1.54, 1.807) is 0 Å². The summed E-state index contributed by atoms with van der Waals surface area (Å²) >= 11 is 0. The van der Waals surface area contributed by atoms with Gasteiger partial charge in [0.25, 0.3) is 0 Å². The lowest BCUT2D eigenvalue weighted by Crippen LogP contribution is -2.38. The van der Waals surface area contributed by atoms with Crippen molar-refractivity contribution in [2.24, 2.45) is 17.3 Å². The van der Waals surface area contributed by atoms with Crippen LogP contribution in [0, 0.1) is 17.3 Å². The Morgan fingerprint density at radius 1 is 1.38 bits per heavy atom. The average molecular weight is 225 g/mol. The standard InChI is InChI=1S/C14H27NO/c1-11(2)16-7-6-14(10-15-3)9-12-4-5-13(14)8-12/h11-13,15H,4-10H2,1-3H3. The summed E-state index contributed by atoms with van der Waals surface area (Å²) in [6, 6.07) is 0. The van der Waals surface area contributed by atoms with Crippen LogP contribution in [-0.2, 0) is 4.74 Å². The first-order valence-corrected chi connectivity index (χ1v) is 6.92. The molecular formula is C14H27NO. The van der Waals surface area contributed by atoms with E-state index in [0.717, 1.165) is 18.4 Å². The van der Waals surface area contributed by atoms with Crippen LogP contribution in [0.3, 0.4) is 0 Å². The van der Waals surface area contributed by atoms with E-state index < -0.39 is 0 Å². The zero-order valence-corrected chi connectivity index (χ0v) is 11.1. The number of hydrogen-bond donors (Lipinski definition) is 1. The summed E-state index contributed by atoms with van der Waals surface area (Å²) in [5, 5.41) is 3.42.